The van der Waals surface area contributed by atoms with Crippen LogP contribution in [0.5, 0.6) is 0 Å². The molecule has 1 saturated heterocycles. The maximum atomic E-state index is 12.1. The first-order valence-corrected chi connectivity index (χ1v) is 7.99. The monoisotopic (exact) mass is 269 g/mol. The number of thiophene rings is 1. The number of Topliss-reactive ketones (excluding diaryl/α,β-unsaturated/α-hetero) is 1. The van der Waals surface area contributed by atoms with Crippen LogP contribution in [0.15, 0.2) is 12.1 Å². The van der Waals surface area contributed by atoms with Crippen LogP contribution in [0.4, 0.5) is 0 Å². The molecular weight excluding hydrogens is 250 g/mol. The molecule has 94 valence electrons. The molecule has 0 saturated carbocycles. The quantitative estimate of drug-likeness (QED) is 0.784. The summed E-state index contributed by atoms with van der Waals surface area (Å²) in [5.41, 5.74) is 0. The third-order valence-corrected chi connectivity index (χ3v) is 5.47. The van der Waals surface area contributed by atoms with E-state index in [4.69, 9.17) is 0 Å². The molecule has 1 unspecified atom stereocenters. The van der Waals surface area contributed by atoms with Crippen LogP contribution in [0.2, 0.25) is 0 Å². The minimum absolute atomic E-state index is 0.282. The summed E-state index contributed by atoms with van der Waals surface area (Å²) in [4.78, 5) is 16.5. The SMILES string of the molecule is CCC1CN(CC(=O)c2ccc(C)s2)CCS1. The van der Waals surface area contributed by atoms with E-state index in [2.05, 4.69) is 11.8 Å². The van der Waals surface area contributed by atoms with E-state index in [0.29, 0.717) is 11.8 Å². The van der Waals surface area contributed by atoms with Gasteiger partial charge in [0.15, 0.2) is 5.78 Å². The molecule has 2 heterocycles. The summed E-state index contributed by atoms with van der Waals surface area (Å²) in [5.74, 6) is 1.44. The standard InChI is InChI=1S/C13H19NOS2/c1-3-11-8-14(6-7-16-11)9-12(15)13-5-4-10(2)17-13/h4-5,11H,3,6-9H2,1-2H3. The predicted octanol–water partition coefficient (Wildman–Crippen LogP) is 3.07. The topological polar surface area (TPSA) is 20.3 Å². The Labute approximate surface area is 111 Å². The van der Waals surface area contributed by atoms with Crippen LogP contribution in [0.25, 0.3) is 0 Å². The number of carbonyl (C=O) groups excluding carboxylic acids is 1. The van der Waals surface area contributed by atoms with Crippen molar-refractivity contribution in [3.8, 4) is 0 Å². The summed E-state index contributed by atoms with van der Waals surface area (Å²) >= 11 is 3.65. The van der Waals surface area contributed by atoms with Crippen LogP contribution in [0.3, 0.4) is 0 Å². The van der Waals surface area contributed by atoms with Gasteiger partial charge in [0, 0.05) is 29.0 Å². The van der Waals surface area contributed by atoms with Gasteiger partial charge in [-0.25, -0.2) is 0 Å². The van der Waals surface area contributed by atoms with Crippen molar-refractivity contribution in [1.29, 1.82) is 0 Å². The van der Waals surface area contributed by atoms with Crippen molar-refractivity contribution >= 4 is 28.9 Å². The molecule has 0 radical (unpaired) electrons. The third-order valence-electron chi connectivity index (χ3n) is 3.06. The van der Waals surface area contributed by atoms with Gasteiger partial charge in [-0.05, 0) is 25.5 Å². The Balaban J connectivity index is 1.90. The zero-order valence-corrected chi connectivity index (χ0v) is 12.1. The van der Waals surface area contributed by atoms with Crippen molar-refractivity contribution < 1.29 is 4.79 Å². The highest BCUT2D eigenvalue weighted by molar-refractivity contribution is 8.00. The fourth-order valence-corrected chi connectivity index (χ4v) is 4.08. The van der Waals surface area contributed by atoms with Crippen LogP contribution >= 0.6 is 23.1 Å². The molecule has 1 fully saturated rings. The Kier molecular flexibility index (Phi) is 4.65. The summed E-state index contributed by atoms with van der Waals surface area (Å²) in [6, 6.07) is 3.98. The molecular formula is C13H19NOS2. The Morgan fingerprint density at radius 3 is 3.00 bits per heavy atom. The molecule has 2 rings (SSSR count). The maximum Gasteiger partial charge on any atom is 0.186 e. The summed E-state index contributed by atoms with van der Waals surface area (Å²) in [6.07, 6.45) is 1.20. The molecule has 1 aromatic heterocycles. The fourth-order valence-electron chi connectivity index (χ4n) is 2.04. The third kappa shape index (κ3) is 3.57. The highest BCUT2D eigenvalue weighted by Gasteiger charge is 2.21. The molecule has 0 bridgehead atoms. The van der Waals surface area contributed by atoms with E-state index in [0.717, 1.165) is 23.7 Å². The molecule has 0 aliphatic carbocycles. The van der Waals surface area contributed by atoms with Gasteiger partial charge in [0.2, 0.25) is 0 Å². The lowest BCUT2D eigenvalue weighted by atomic mass is 10.2. The van der Waals surface area contributed by atoms with E-state index in [1.54, 1.807) is 11.3 Å². The molecule has 0 amide bonds. The van der Waals surface area contributed by atoms with E-state index >= 15 is 0 Å². The molecule has 2 nitrogen and oxygen atoms in total. The molecule has 0 spiro atoms. The number of carbonyl (C=O) groups is 1. The Hall–Kier alpha value is -0.320. The second-order valence-electron chi connectivity index (χ2n) is 4.47. The van der Waals surface area contributed by atoms with E-state index in [-0.39, 0.29) is 5.78 Å². The average Bonchev–Trinajstić information content (AvgIpc) is 2.76. The van der Waals surface area contributed by atoms with Crippen molar-refractivity contribution in [2.24, 2.45) is 0 Å². The summed E-state index contributed by atoms with van der Waals surface area (Å²) < 4.78 is 0. The molecule has 0 N–H and O–H groups in total. The minimum atomic E-state index is 0.282. The van der Waals surface area contributed by atoms with Gasteiger partial charge in [-0.2, -0.15) is 11.8 Å². The molecule has 17 heavy (non-hydrogen) atoms. The van der Waals surface area contributed by atoms with Crippen LogP contribution < -0.4 is 0 Å². The number of thioether (sulfide) groups is 1. The molecule has 1 atom stereocenters. The van der Waals surface area contributed by atoms with Gasteiger partial charge < -0.3 is 0 Å². The molecule has 4 heteroatoms. The first-order valence-electron chi connectivity index (χ1n) is 6.12. The highest BCUT2D eigenvalue weighted by atomic mass is 32.2. The Bertz CT molecular complexity index is 389. The second kappa shape index (κ2) is 6.03. The van der Waals surface area contributed by atoms with Gasteiger partial charge in [0.05, 0.1) is 11.4 Å². The van der Waals surface area contributed by atoms with E-state index < -0.39 is 0 Å². The van der Waals surface area contributed by atoms with Gasteiger partial charge in [0.25, 0.3) is 0 Å². The number of nitrogens with zero attached hydrogens (tertiary/aromatic N) is 1. The zero-order chi connectivity index (χ0) is 12.3. The fraction of sp³-hybridized carbons (Fsp3) is 0.615. The Morgan fingerprint density at radius 2 is 2.35 bits per heavy atom. The maximum absolute atomic E-state index is 12.1. The molecule has 1 aliphatic rings. The van der Waals surface area contributed by atoms with Gasteiger partial charge in [-0.15, -0.1) is 11.3 Å². The van der Waals surface area contributed by atoms with Crippen LogP contribution in [0.1, 0.15) is 27.9 Å². The lowest BCUT2D eigenvalue weighted by Gasteiger charge is -2.31. The Morgan fingerprint density at radius 1 is 1.53 bits per heavy atom. The number of ketones is 1. The predicted molar refractivity (Wildman–Crippen MR) is 76.4 cm³/mol. The number of aryl methyl sites for hydroxylation is 1. The van der Waals surface area contributed by atoms with Crippen LogP contribution in [0, 0.1) is 6.92 Å². The zero-order valence-electron chi connectivity index (χ0n) is 10.4. The number of hydrogen-bond acceptors (Lipinski definition) is 4. The molecule has 0 aromatic carbocycles. The van der Waals surface area contributed by atoms with Gasteiger partial charge in [-0.1, -0.05) is 6.92 Å². The van der Waals surface area contributed by atoms with E-state index in [9.17, 15) is 4.79 Å². The van der Waals surface area contributed by atoms with Crippen LogP contribution in [-0.2, 0) is 0 Å². The van der Waals surface area contributed by atoms with Crippen molar-refractivity contribution in [2.75, 3.05) is 25.4 Å². The van der Waals surface area contributed by atoms with Crippen molar-refractivity contribution in [3.63, 3.8) is 0 Å². The van der Waals surface area contributed by atoms with Crippen molar-refractivity contribution in [1.82, 2.24) is 4.90 Å². The molecule has 1 aromatic rings. The second-order valence-corrected chi connectivity index (χ2v) is 7.17. The first kappa shape index (κ1) is 13.1. The van der Waals surface area contributed by atoms with Crippen LogP contribution in [-0.4, -0.2) is 41.3 Å². The molecule has 1 aliphatic heterocycles. The van der Waals surface area contributed by atoms with E-state index in [1.807, 2.05) is 30.8 Å². The number of rotatable bonds is 4. The summed E-state index contributed by atoms with van der Waals surface area (Å²) in [5, 5.41) is 0.710. The lowest BCUT2D eigenvalue weighted by Crippen LogP contribution is -2.40. The lowest BCUT2D eigenvalue weighted by molar-refractivity contribution is 0.0936. The highest BCUT2D eigenvalue weighted by Crippen LogP contribution is 2.22. The normalized spacial score (nSPS) is 21.6. The first-order chi connectivity index (χ1) is 8.19. The number of hydrogen-bond donors (Lipinski definition) is 0. The summed E-state index contributed by atoms with van der Waals surface area (Å²) in [7, 11) is 0. The van der Waals surface area contributed by atoms with Gasteiger partial charge in [-0.3, -0.25) is 9.69 Å². The van der Waals surface area contributed by atoms with Gasteiger partial charge >= 0.3 is 0 Å². The average molecular weight is 269 g/mol. The van der Waals surface area contributed by atoms with Crippen molar-refractivity contribution in [2.45, 2.75) is 25.5 Å². The van der Waals surface area contributed by atoms with E-state index in [1.165, 1.54) is 11.3 Å². The minimum Gasteiger partial charge on any atom is -0.294 e. The largest absolute Gasteiger partial charge is 0.294 e. The summed E-state index contributed by atoms with van der Waals surface area (Å²) in [6.45, 7) is 6.99. The smallest absolute Gasteiger partial charge is 0.186 e. The van der Waals surface area contributed by atoms with Gasteiger partial charge in [0.1, 0.15) is 0 Å². The van der Waals surface area contributed by atoms with Crippen molar-refractivity contribution in [3.05, 3.63) is 21.9 Å².